The van der Waals surface area contributed by atoms with Crippen molar-refractivity contribution >= 4 is 32.7 Å². The van der Waals surface area contributed by atoms with Crippen LogP contribution in [0.15, 0.2) is 12.3 Å². The van der Waals surface area contributed by atoms with Gasteiger partial charge in [0, 0.05) is 15.8 Å². The molecular formula is C8H9FINO3S. The molecule has 0 aliphatic rings. The molecule has 0 saturated carbocycles. The van der Waals surface area contributed by atoms with Crippen LogP contribution in [0.5, 0.6) is 0 Å². The summed E-state index contributed by atoms with van der Waals surface area (Å²) in [5, 5.41) is 0. The summed E-state index contributed by atoms with van der Waals surface area (Å²) in [7, 11) is -3.41. The quantitative estimate of drug-likeness (QED) is 0.470. The van der Waals surface area contributed by atoms with E-state index in [-0.39, 0.29) is 6.61 Å². The lowest BCUT2D eigenvalue weighted by atomic mass is 10.2. The summed E-state index contributed by atoms with van der Waals surface area (Å²) >= 11 is 1.96. The Labute approximate surface area is 101 Å². The van der Waals surface area contributed by atoms with Gasteiger partial charge in [0.15, 0.2) is 0 Å². The summed E-state index contributed by atoms with van der Waals surface area (Å²) in [5.41, 5.74) is 0.764. The maximum absolute atomic E-state index is 12.6. The minimum Gasteiger partial charge on any atom is -0.270 e. The van der Waals surface area contributed by atoms with Crippen LogP contribution >= 0.6 is 22.6 Å². The lowest BCUT2D eigenvalue weighted by molar-refractivity contribution is 0.325. The molecule has 0 spiro atoms. The smallest absolute Gasteiger partial charge is 0.264 e. The highest BCUT2D eigenvalue weighted by Gasteiger charge is 2.05. The van der Waals surface area contributed by atoms with Gasteiger partial charge in [0.1, 0.15) is 0 Å². The fraction of sp³-hybridized carbons (Fsp3) is 0.375. The van der Waals surface area contributed by atoms with Crippen molar-refractivity contribution in [2.24, 2.45) is 0 Å². The molecule has 1 aromatic heterocycles. The lowest BCUT2D eigenvalue weighted by Crippen LogP contribution is -2.07. The van der Waals surface area contributed by atoms with Crippen LogP contribution in [-0.4, -0.2) is 26.3 Å². The molecule has 0 unspecified atom stereocenters. The predicted molar refractivity (Wildman–Crippen MR) is 61.4 cm³/mol. The van der Waals surface area contributed by atoms with Crippen molar-refractivity contribution in [1.82, 2.24) is 4.98 Å². The molecule has 0 N–H and O–H groups in total. The molecule has 0 atom stereocenters. The first kappa shape index (κ1) is 12.8. The molecule has 0 radical (unpaired) electrons. The fourth-order valence-corrected chi connectivity index (χ4v) is 1.97. The summed E-state index contributed by atoms with van der Waals surface area (Å²) in [6, 6.07) is 1.29. The minimum absolute atomic E-state index is 0.0438. The van der Waals surface area contributed by atoms with Gasteiger partial charge in [0.05, 0.1) is 12.9 Å². The van der Waals surface area contributed by atoms with Gasteiger partial charge in [-0.15, -0.1) is 0 Å². The number of hydrogen-bond donors (Lipinski definition) is 0. The molecular weight excluding hydrogens is 336 g/mol. The van der Waals surface area contributed by atoms with E-state index in [0.717, 1.165) is 11.8 Å². The SMILES string of the molecule is CS(=O)(=O)OCCc1cnc(F)cc1I. The van der Waals surface area contributed by atoms with Crippen LogP contribution in [0, 0.1) is 9.52 Å². The van der Waals surface area contributed by atoms with E-state index in [4.69, 9.17) is 0 Å². The number of nitrogens with zero attached hydrogens (tertiary/aromatic N) is 1. The predicted octanol–water partition coefficient (Wildman–Crippen LogP) is 1.34. The Balaban J connectivity index is 2.59. The van der Waals surface area contributed by atoms with Crippen molar-refractivity contribution in [3.05, 3.63) is 27.3 Å². The Morgan fingerprint density at radius 3 is 2.80 bits per heavy atom. The zero-order valence-corrected chi connectivity index (χ0v) is 10.9. The maximum Gasteiger partial charge on any atom is 0.264 e. The third-order valence-electron chi connectivity index (χ3n) is 1.57. The van der Waals surface area contributed by atoms with Crippen molar-refractivity contribution in [3.63, 3.8) is 0 Å². The number of pyridine rings is 1. The molecule has 0 saturated heterocycles. The van der Waals surface area contributed by atoms with Gasteiger partial charge >= 0.3 is 0 Å². The van der Waals surface area contributed by atoms with Crippen LogP contribution in [0.4, 0.5) is 4.39 Å². The highest BCUT2D eigenvalue weighted by Crippen LogP contribution is 2.12. The first-order valence-electron chi connectivity index (χ1n) is 4.03. The van der Waals surface area contributed by atoms with E-state index in [1.807, 2.05) is 22.6 Å². The molecule has 0 fully saturated rings. The number of rotatable bonds is 4. The van der Waals surface area contributed by atoms with Gasteiger partial charge in [-0.05, 0) is 34.6 Å². The van der Waals surface area contributed by atoms with E-state index in [0.29, 0.717) is 9.99 Å². The highest BCUT2D eigenvalue weighted by molar-refractivity contribution is 14.1. The Bertz CT molecular complexity index is 449. The summed E-state index contributed by atoms with van der Waals surface area (Å²) in [6.45, 7) is 0.0438. The maximum atomic E-state index is 12.6. The van der Waals surface area contributed by atoms with Gasteiger partial charge in [-0.1, -0.05) is 0 Å². The Morgan fingerprint density at radius 1 is 1.60 bits per heavy atom. The minimum atomic E-state index is -3.41. The average Bonchev–Trinajstić information content (AvgIpc) is 2.07. The van der Waals surface area contributed by atoms with E-state index < -0.39 is 16.1 Å². The molecule has 0 bridgehead atoms. The van der Waals surface area contributed by atoms with E-state index >= 15 is 0 Å². The van der Waals surface area contributed by atoms with Crippen molar-refractivity contribution in [3.8, 4) is 0 Å². The van der Waals surface area contributed by atoms with Crippen LogP contribution in [-0.2, 0) is 20.7 Å². The second-order valence-corrected chi connectivity index (χ2v) is 5.68. The fourth-order valence-electron chi connectivity index (χ4n) is 0.923. The summed E-state index contributed by atoms with van der Waals surface area (Å²) in [5.74, 6) is -0.549. The lowest BCUT2D eigenvalue weighted by Gasteiger charge is -2.03. The summed E-state index contributed by atoms with van der Waals surface area (Å²) < 4.78 is 39.2. The monoisotopic (exact) mass is 345 g/mol. The molecule has 1 aromatic rings. The third-order valence-corrected chi connectivity index (χ3v) is 3.16. The topological polar surface area (TPSA) is 56.3 Å². The standard InChI is InChI=1S/C8H9FINO3S/c1-15(12,13)14-3-2-6-5-11-8(9)4-7(6)10/h4-5H,2-3H2,1H3. The van der Waals surface area contributed by atoms with E-state index in [9.17, 15) is 12.8 Å². The normalized spacial score (nSPS) is 11.7. The van der Waals surface area contributed by atoms with Crippen LogP contribution < -0.4 is 0 Å². The first-order valence-corrected chi connectivity index (χ1v) is 6.92. The molecule has 1 rings (SSSR count). The zero-order chi connectivity index (χ0) is 11.5. The van der Waals surface area contributed by atoms with Crippen molar-refractivity contribution in [2.75, 3.05) is 12.9 Å². The van der Waals surface area contributed by atoms with Gasteiger partial charge in [-0.2, -0.15) is 12.8 Å². The number of aromatic nitrogens is 1. The van der Waals surface area contributed by atoms with Crippen molar-refractivity contribution in [2.45, 2.75) is 6.42 Å². The second kappa shape index (κ2) is 5.17. The molecule has 1 heterocycles. The van der Waals surface area contributed by atoms with Crippen molar-refractivity contribution < 1.29 is 17.0 Å². The molecule has 0 aliphatic carbocycles. The average molecular weight is 345 g/mol. The molecule has 4 nitrogen and oxygen atoms in total. The summed E-state index contributed by atoms with van der Waals surface area (Å²) in [6.07, 6.45) is 2.75. The van der Waals surface area contributed by atoms with Gasteiger partial charge in [-0.25, -0.2) is 4.98 Å². The van der Waals surface area contributed by atoms with Crippen LogP contribution in [0.25, 0.3) is 0 Å². The highest BCUT2D eigenvalue weighted by atomic mass is 127. The molecule has 0 aromatic carbocycles. The third kappa shape index (κ3) is 4.85. The van der Waals surface area contributed by atoms with Crippen molar-refractivity contribution in [1.29, 1.82) is 0 Å². The van der Waals surface area contributed by atoms with Crippen LogP contribution in [0.2, 0.25) is 0 Å². The van der Waals surface area contributed by atoms with Gasteiger partial charge in [0.2, 0.25) is 5.95 Å². The molecule has 15 heavy (non-hydrogen) atoms. The molecule has 0 amide bonds. The molecule has 0 aliphatic heterocycles. The Hall–Kier alpha value is -0.280. The number of hydrogen-bond acceptors (Lipinski definition) is 4. The van der Waals surface area contributed by atoms with Crippen LogP contribution in [0.1, 0.15) is 5.56 Å². The van der Waals surface area contributed by atoms with Gasteiger partial charge in [0.25, 0.3) is 10.1 Å². The van der Waals surface area contributed by atoms with Crippen LogP contribution in [0.3, 0.4) is 0 Å². The second-order valence-electron chi connectivity index (χ2n) is 2.87. The number of halogens is 2. The van der Waals surface area contributed by atoms with E-state index in [1.165, 1.54) is 12.3 Å². The largest absolute Gasteiger partial charge is 0.270 e. The van der Waals surface area contributed by atoms with Gasteiger partial charge < -0.3 is 0 Å². The van der Waals surface area contributed by atoms with Gasteiger partial charge in [-0.3, -0.25) is 4.18 Å². The Kier molecular flexibility index (Phi) is 4.41. The molecule has 7 heteroatoms. The summed E-state index contributed by atoms with van der Waals surface area (Å²) in [4.78, 5) is 3.48. The van der Waals surface area contributed by atoms with E-state index in [1.54, 1.807) is 0 Å². The first-order chi connectivity index (χ1) is 6.88. The Morgan fingerprint density at radius 2 is 2.27 bits per heavy atom. The molecule has 84 valence electrons. The van der Waals surface area contributed by atoms with E-state index in [2.05, 4.69) is 9.17 Å². The zero-order valence-electron chi connectivity index (χ0n) is 7.91.